The fourth-order valence-electron chi connectivity index (χ4n) is 5.01. The summed E-state index contributed by atoms with van der Waals surface area (Å²) in [7, 11) is 1.93. The summed E-state index contributed by atoms with van der Waals surface area (Å²) in [4.78, 5) is 20.2. The SMILES string of the molecule is CCCn1c(-c2ccccc2)cc(C(=O)N(C)CCCN2CCN(c3cccc(Cl)c3I)CC2)c1C. The van der Waals surface area contributed by atoms with Crippen LogP contribution < -0.4 is 4.90 Å². The molecule has 1 fully saturated rings. The number of carbonyl (C=O) groups is 1. The van der Waals surface area contributed by atoms with E-state index in [2.05, 4.69) is 87.2 Å². The highest BCUT2D eigenvalue weighted by molar-refractivity contribution is 14.1. The van der Waals surface area contributed by atoms with Gasteiger partial charge in [-0.25, -0.2) is 0 Å². The summed E-state index contributed by atoms with van der Waals surface area (Å²) in [5.41, 5.74) is 5.38. The van der Waals surface area contributed by atoms with E-state index in [0.717, 1.165) is 89.8 Å². The van der Waals surface area contributed by atoms with Crippen LogP contribution in [0.3, 0.4) is 0 Å². The molecule has 0 aliphatic carbocycles. The molecule has 2 heterocycles. The Bertz CT molecular complexity index is 1170. The van der Waals surface area contributed by atoms with Crippen molar-refractivity contribution in [2.24, 2.45) is 0 Å². The van der Waals surface area contributed by atoms with Gasteiger partial charge in [0, 0.05) is 57.7 Å². The number of amides is 1. The van der Waals surface area contributed by atoms with E-state index in [9.17, 15) is 4.79 Å². The number of rotatable bonds is 9. The van der Waals surface area contributed by atoms with Crippen LogP contribution in [0.5, 0.6) is 0 Å². The maximum Gasteiger partial charge on any atom is 0.255 e. The van der Waals surface area contributed by atoms with Gasteiger partial charge in [-0.05, 0) is 72.7 Å². The van der Waals surface area contributed by atoms with Gasteiger partial charge in [0.1, 0.15) is 0 Å². The van der Waals surface area contributed by atoms with Gasteiger partial charge in [-0.15, -0.1) is 0 Å². The predicted molar refractivity (Wildman–Crippen MR) is 159 cm³/mol. The minimum Gasteiger partial charge on any atom is -0.368 e. The number of nitrogens with zero attached hydrogens (tertiary/aromatic N) is 4. The van der Waals surface area contributed by atoms with Crippen molar-refractivity contribution in [1.82, 2.24) is 14.4 Å². The molecule has 192 valence electrons. The molecule has 0 saturated carbocycles. The first-order chi connectivity index (χ1) is 17.4. The second-order valence-electron chi connectivity index (χ2n) is 9.53. The summed E-state index contributed by atoms with van der Waals surface area (Å²) < 4.78 is 3.42. The fourth-order valence-corrected chi connectivity index (χ4v) is 5.88. The molecule has 0 bridgehead atoms. The highest BCUT2D eigenvalue weighted by Crippen LogP contribution is 2.30. The number of carbonyl (C=O) groups excluding carboxylic acids is 1. The Kier molecular flexibility index (Phi) is 9.36. The van der Waals surface area contributed by atoms with Crippen molar-refractivity contribution in [1.29, 1.82) is 0 Å². The molecule has 0 spiro atoms. The quantitative estimate of drug-likeness (QED) is 0.260. The number of benzene rings is 2. The maximum absolute atomic E-state index is 13.4. The summed E-state index contributed by atoms with van der Waals surface area (Å²) in [6, 6.07) is 18.6. The molecule has 1 aliphatic heterocycles. The summed E-state index contributed by atoms with van der Waals surface area (Å²) in [6.45, 7) is 11.0. The number of anilines is 1. The first kappa shape index (κ1) is 27.0. The molecule has 1 amide bonds. The van der Waals surface area contributed by atoms with Gasteiger partial charge in [0.2, 0.25) is 0 Å². The van der Waals surface area contributed by atoms with Crippen LogP contribution >= 0.6 is 34.2 Å². The van der Waals surface area contributed by atoms with E-state index in [-0.39, 0.29) is 5.91 Å². The number of hydrogen-bond acceptors (Lipinski definition) is 3. The molecule has 0 radical (unpaired) electrons. The van der Waals surface area contributed by atoms with Gasteiger partial charge in [-0.2, -0.15) is 0 Å². The van der Waals surface area contributed by atoms with Gasteiger partial charge < -0.3 is 14.4 Å². The predicted octanol–water partition coefficient (Wildman–Crippen LogP) is 6.42. The molecule has 4 rings (SSSR count). The monoisotopic (exact) mass is 618 g/mol. The lowest BCUT2D eigenvalue weighted by molar-refractivity contribution is 0.0787. The van der Waals surface area contributed by atoms with E-state index in [1.54, 1.807) is 0 Å². The average Bonchev–Trinajstić information content (AvgIpc) is 3.22. The van der Waals surface area contributed by atoms with Crippen molar-refractivity contribution < 1.29 is 4.79 Å². The van der Waals surface area contributed by atoms with Crippen LogP contribution in [0, 0.1) is 10.5 Å². The van der Waals surface area contributed by atoms with Gasteiger partial charge in [0.05, 0.1) is 19.8 Å². The Hall–Kier alpha value is -2.03. The highest BCUT2D eigenvalue weighted by Gasteiger charge is 2.22. The number of halogens is 2. The lowest BCUT2D eigenvalue weighted by atomic mass is 10.1. The Morgan fingerprint density at radius 1 is 1.03 bits per heavy atom. The second kappa shape index (κ2) is 12.5. The van der Waals surface area contributed by atoms with E-state index in [4.69, 9.17) is 11.6 Å². The average molecular weight is 619 g/mol. The first-order valence-corrected chi connectivity index (χ1v) is 14.3. The summed E-state index contributed by atoms with van der Waals surface area (Å²) in [6.07, 6.45) is 2.00. The topological polar surface area (TPSA) is 31.7 Å². The lowest BCUT2D eigenvalue weighted by Gasteiger charge is -2.36. The van der Waals surface area contributed by atoms with E-state index in [0.29, 0.717) is 0 Å². The van der Waals surface area contributed by atoms with Crippen LogP contribution in [-0.4, -0.2) is 66.6 Å². The Morgan fingerprint density at radius 3 is 2.44 bits per heavy atom. The molecule has 1 aromatic heterocycles. The third-order valence-electron chi connectivity index (χ3n) is 7.07. The summed E-state index contributed by atoms with van der Waals surface area (Å²) in [5, 5.41) is 0.819. The van der Waals surface area contributed by atoms with Crippen LogP contribution in [0.25, 0.3) is 11.3 Å². The minimum atomic E-state index is 0.111. The highest BCUT2D eigenvalue weighted by atomic mass is 127. The molecule has 1 saturated heterocycles. The molecule has 3 aromatic rings. The van der Waals surface area contributed by atoms with Crippen molar-refractivity contribution in [2.45, 2.75) is 33.2 Å². The lowest BCUT2D eigenvalue weighted by Crippen LogP contribution is -2.47. The minimum absolute atomic E-state index is 0.111. The molecular weight excluding hydrogens is 583 g/mol. The van der Waals surface area contributed by atoms with Gasteiger partial charge in [0.25, 0.3) is 5.91 Å². The summed E-state index contributed by atoms with van der Waals surface area (Å²) >= 11 is 8.66. The molecule has 0 N–H and O–H groups in total. The summed E-state index contributed by atoms with van der Waals surface area (Å²) in [5.74, 6) is 0.111. The standard InChI is InChI=1S/C29H36ClIN4O/c1-4-14-35-22(2)24(21-27(35)23-10-6-5-7-11-23)29(36)32(3)15-9-16-33-17-19-34(20-18-33)26-13-8-12-25(30)28(26)31/h5-8,10-13,21H,4,9,14-20H2,1-3H3. The molecular formula is C29H36ClIN4O. The van der Waals surface area contributed by atoms with Crippen molar-refractivity contribution in [3.8, 4) is 11.3 Å². The van der Waals surface area contributed by atoms with E-state index < -0.39 is 0 Å². The van der Waals surface area contributed by atoms with Gasteiger partial charge in [-0.1, -0.05) is 54.9 Å². The van der Waals surface area contributed by atoms with Crippen LogP contribution in [0.4, 0.5) is 5.69 Å². The zero-order chi connectivity index (χ0) is 25.7. The van der Waals surface area contributed by atoms with E-state index in [1.807, 2.05) is 30.1 Å². The molecule has 0 unspecified atom stereocenters. The van der Waals surface area contributed by atoms with Gasteiger partial charge in [-0.3, -0.25) is 9.69 Å². The second-order valence-corrected chi connectivity index (χ2v) is 11.0. The molecule has 0 atom stereocenters. The molecule has 2 aromatic carbocycles. The largest absolute Gasteiger partial charge is 0.368 e. The van der Waals surface area contributed by atoms with Crippen LogP contribution in [0.15, 0.2) is 54.6 Å². The molecule has 5 nitrogen and oxygen atoms in total. The van der Waals surface area contributed by atoms with Crippen LogP contribution in [0.1, 0.15) is 35.8 Å². The molecule has 7 heteroatoms. The van der Waals surface area contributed by atoms with Crippen molar-refractivity contribution in [3.05, 3.63) is 74.4 Å². The van der Waals surface area contributed by atoms with Gasteiger partial charge >= 0.3 is 0 Å². The van der Waals surface area contributed by atoms with Crippen molar-refractivity contribution in [2.75, 3.05) is 51.2 Å². The normalized spacial score (nSPS) is 14.3. The smallest absolute Gasteiger partial charge is 0.255 e. The van der Waals surface area contributed by atoms with E-state index >= 15 is 0 Å². The van der Waals surface area contributed by atoms with E-state index in [1.165, 1.54) is 5.69 Å². The van der Waals surface area contributed by atoms with Crippen molar-refractivity contribution in [3.63, 3.8) is 0 Å². The molecule has 36 heavy (non-hydrogen) atoms. The maximum atomic E-state index is 13.4. The molecule has 1 aliphatic rings. The van der Waals surface area contributed by atoms with Crippen LogP contribution in [-0.2, 0) is 6.54 Å². The van der Waals surface area contributed by atoms with Crippen LogP contribution in [0.2, 0.25) is 5.02 Å². The first-order valence-electron chi connectivity index (χ1n) is 12.8. The number of hydrogen-bond donors (Lipinski definition) is 0. The van der Waals surface area contributed by atoms with Gasteiger partial charge in [0.15, 0.2) is 0 Å². The zero-order valence-electron chi connectivity index (χ0n) is 21.5. The fraction of sp³-hybridized carbons (Fsp3) is 0.414. The number of piperazine rings is 1. The Morgan fingerprint density at radius 2 is 1.75 bits per heavy atom. The number of aromatic nitrogens is 1. The van der Waals surface area contributed by atoms with Crippen molar-refractivity contribution >= 4 is 45.8 Å². The Labute approximate surface area is 234 Å². The third-order valence-corrected chi connectivity index (χ3v) is 8.84. The third kappa shape index (κ3) is 6.09. The Balaban J connectivity index is 1.32. The zero-order valence-corrected chi connectivity index (χ0v) is 24.4.